The average molecular weight is 673 g/mol. The lowest BCUT2D eigenvalue weighted by molar-refractivity contribution is -0.385. The third kappa shape index (κ3) is 9.64. The molecule has 0 saturated carbocycles. The van der Waals surface area contributed by atoms with Gasteiger partial charge in [0.15, 0.2) is 23.9 Å². The van der Waals surface area contributed by atoms with E-state index in [4.69, 9.17) is 14.6 Å². The molecule has 0 unspecified atom stereocenters. The van der Waals surface area contributed by atoms with Crippen molar-refractivity contribution in [3.63, 3.8) is 0 Å². The molecule has 10 nitrogen and oxygen atoms in total. The van der Waals surface area contributed by atoms with Crippen molar-refractivity contribution in [1.82, 2.24) is 19.1 Å². The van der Waals surface area contributed by atoms with E-state index < -0.39 is 34.6 Å². The molecule has 0 spiro atoms. The molecule has 0 fully saturated rings. The monoisotopic (exact) mass is 672 g/mol. The van der Waals surface area contributed by atoms with Gasteiger partial charge in [0.25, 0.3) is 5.69 Å². The molecular formula is C32H46F2N6O4Si2. The number of benzene rings is 2. The summed E-state index contributed by atoms with van der Waals surface area (Å²) in [6.07, 6.45) is 3.72. The number of hydrogen-bond donors (Lipinski definition) is 1. The number of anilines is 1. The minimum Gasteiger partial charge on any atom is -0.413 e. The Morgan fingerprint density at radius 2 is 1.30 bits per heavy atom. The highest BCUT2D eigenvalue weighted by Crippen LogP contribution is 2.27. The number of imidazole rings is 2. The van der Waals surface area contributed by atoms with Crippen molar-refractivity contribution in [2.45, 2.75) is 91.8 Å². The molecule has 2 aromatic carbocycles. The number of nitrogen functional groups attached to an aromatic ring is 1. The standard InChI is InChI=1S/C16H22FN3O3Si.C16H24FN3OSi/c1-16(2,3)14-9-19(15(18-14)10-23-24(4)5)13-7-6-11(20(21)22)8-12(13)17;1-16(2,3)14-9-20(15(19-14)10-21-22(4)5)11-6-7-13(18)12(17)8-11/h6-9,24H,10H2,1-5H3;6-9,22H,10,18H2,1-5H3. The summed E-state index contributed by atoms with van der Waals surface area (Å²) in [6.45, 7) is 21.4. The molecular weight excluding hydrogens is 627 g/mol. The smallest absolute Gasteiger partial charge is 0.272 e. The van der Waals surface area contributed by atoms with E-state index in [0.29, 0.717) is 18.1 Å². The highest BCUT2D eigenvalue weighted by atomic mass is 28.3. The van der Waals surface area contributed by atoms with E-state index in [-0.39, 0.29) is 34.5 Å². The molecule has 0 radical (unpaired) electrons. The molecule has 46 heavy (non-hydrogen) atoms. The Kier molecular flexibility index (Phi) is 11.8. The van der Waals surface area contributed by atoms with Gasteiger partial charge in [-0.3, -0.25) is 14.7 Å². The second-order valence-corrected chi connectivity index (χ2v) is 18.5. The normalized spacial score (nSPS) is 12.0. The van der Waals surface area contributed by atoms with E-state index in [0.717, 1.165) is 23.3 Å². The minimum atomic E-state index is -1.26. The van der Waals surface area contributed by atoms with Crippen molar-refractivity contribution in [1.29, 1.82) is 0 Å². The summed E-state index contributed by atoms with van der Waals surface area (Å²) in [5.41, 5.74) is 7.84. The molecule has 2 heterocycles. The largest absolute Gasteiger partial charge is 0.413 e. The SMILES string of the molecule is C[SiH](C)OCc1nc(C(C)(C)C)cn1-c1ccc(N)c(F)c1.C[SiH](C)OCc1nc(C(C)(C)C)cn1-c1ccc([N+](=O)[O-])cc1F. The molecule has 4 aromatic rings. The fourth-order valence-electron chi connectivity index (χ4n) is 4.15. The fraction of sp³-hybridized carbons (Fsp3) is 0.438. The van der Waals surface area contributed by atoms with Crippen LogP contribution in [0.4, 0.5) is 20.2 Å². The van der Waals surface area contributed by atoms with Crippen molar-refractivity contribution in [3.05, 3.63) is 93.6 Å². The average Bonchev–Trinajstić information content (AvgIpc) is 3.57. The van der Waals surface area contributed by atoms with E-state index in [9.17, 15) is 18.9 Å². The molecule has 0 saturated heterocycles. The highest BCUT2D eigenvalue weighted by Gasteiger charge is 2.23. The number of non-ortho nitro benzene ring substituents is 1. The quantitative estimate of drug-likeness (QED) is 0.0870. The van der Waals surface area contributed by atoms with Crippen LogP contribution in [0.25, 0.3) is 11.4 Å². The first-order chi connectivity index (χ1) is 21.3. The first kappa shape index (κ1) is 36.7. The molecule has 0 aliphatic rings. The number of nitro benzene ring substituents is 1. The van der Waals surface area contributed by atoms with Crippen molar-refractivity contribution in [2.24, 2.45) is 0 Å². The topological polar surface area (TPSA) is 123 Å². The first-order valence-corrected chi connectivity index (χ1v) is 20.7. The highest BCUT2D eigenvalue weighted by molar-refractivity contribution is 6.48. The van der Waals surface area contributed by atoms with Gasteiger partial charge in [-0.25, -0.2) is 18.7 Å². The number of aromatic nitrogens is 4. The van der Waals surface area contributed by atoms with Gasteiger partial charge in [-0.15, -0.1) is 0 Å². The molecule has 2 aromatic heterocycles. The maximum Gasteiger partial charge on any atom is 0.272 e. The molecule has 250 valence electrons. The van der Waals surface area contributed by atoms with Gasteiger partial charge in [0.05, 0.1) is 47.0 Å². The zero-order valence-electron chi connectivity index (χ0n) is 28.4. The van der Waals surface area contributed by atoms with Gasteiger partial charge < -0.3 is 19.2 Å². The molecule has 0 aliphatic carbocycles. The summed E-state index contributed by atoms with van der Waals surface area (Å²) in [5, 5.41) is 10.8. The lowest BCUT2D eigenvalue weighted by Gasteiger charge is -2.14. The van der Waals surface area contributed by atoms with Crippen LogP contribution >= 0.6 is 0 Å². The van der Waals surface area contributed by atoms with Crippen LogP contribution in [0.1, 0.15) is 64.6 Å². The second-order valence-electron chi connectivity index (χ2n) is 13.6. The molecule has 4 rings (SSSR count). The van der Waals surface area contributed by atoms with Gasteiger partial charge in [-0.1, -0.05) is 41.5 Å². The Hall–Kier alpha value is -3.73. The number of nitrogens with zero attached hydrogens (tertiary/aromatic N) is 5. The van der Waals surface area contributed by atoms with Crippen molar-refractivity contribution >= 4 is 29.5 Å². The van der Waals surface area contributed by atoms with Gasteiger partial charge in [-0.2, -0.15) is 0 Å². The van der Waals surface area contributed by atoms with Crippen LogP contribution in [0.2, 0.25) is 26.2 Å². The summed E-state index contributed by atoms with van der Waals surface area (Å²) in [4.78, 5) is 19.4. The maximum absolute atomic E-state index is 14.4. The van der Waals surface area contributed by atoms with Crippen LogP contribution in [0, 0.1) is 21.7 Å². The van der Waals surface area contributed by atoms with Crippen LogP contribution in [-0.4, -0.2) is 42.1 Å². The van der Waals surface area contributed by atoms with E-state index >= 15 is 0 Å². The van der Waals surface area contributed by atoms with Crippen LogP contribution in [0.5, 0.6) is 0 Å². The summed E-state index contributed by atoms with van der Waals surface area (Å²) >= 11 is 0. The summed E-state index contributed by atoms with van der Waals surface area (Å²) in [5.74, 6) is 0.294. The third-order valence-electron chi connectivity index (χ3n) is 6.85. The predicted molar refractivity (Wildman–Crippen MR) is 183 cm³/mol. The fourth-order valence-corrected chi connectivity index (χ4v) is 5.11. The Morgan fingerprint density at radius 1 is 0.804 bits per heavy atom. The molecule has 2 N–H and O–H groups in total. The zero-order valence-corrected chi connectivity index (χ0v) is 30.7. The van der Waals surface area contributed by atoms with Crippen LogP contribution in [0.3, 0.4) is 0 Å². The Balaban J connectivity index is 0.000000251. The van der Waals surface area contributed by atoms with Crippen molar-refractivity contribution < 1.29 is 22.6 Å². The van der Waals surface area contributed by atoms with E-state index in [1.807, 2.05) is 44.6 Å². The Morgan fingerprint density at radius 3 is 1.74 bits per heavy atom. The third-order valence-corrected chi connectivity index (χ3v) is 8.52. The molecule has 0 amide bonds. The van der Waals surface area contributed by atoms with Crippen molar-refractivity contribution in [2.75, 3.05) is 5.73 Å². The van der Waals surface area contributed by atoms with E-state index in [2.05, 4.69) is 43.8 Å². The minimum absolute atomic E-state index is 0.0817. The maximum atomic E-state index is 14.4. The van der Waals surface area contributed by atoms with E-state index in [1.54, 1.807) is 22.9 Å². The number of nitrogens with two attached hydrogens (primary N) is 1. The van der Waals surface area contributed by atoms with Crippen molar-refractivity contribution in [3.8, 4) is 11.4 Å². The number of rotatable bonds is 9. The number of halogens is 2. The number of nitro groups is 1. The lowest BCUT2D eigenvalue weighted by atomic mass is 9.93. The summed E-state index contributed by atoms with van der Waals surface area (Å²) < 4.78 is 43.2. The number of hydrogen-bond acceptors (Lipinski definition) is 7. The van der Waals surface area contributed by atoms with Crippen LogP contribution in [-0.2, 0) is 32.9 Å². The Bertz CT molecular complexity index is 1660. The van der Waals surface area contributed by atoms with Gasteiger partial charge in [0.1, 0.15) is 17.5 Å². The molecule has 14 heteroatoms. The van der Waals surface area contributed by atoms with Crippen LogP contribution in [0.15, 0.2) is 48.8 Å². The first-order valence-electron chi connectivity index (χ1n) is 15.2. The van der Waals surface area contributed by atoms with Gasteiger partial charge in [0.2, 0.25) is 0 Å². The molecule has 0 atom stereocenters. The second kappa shape index (κ2) is 14.8. The van der Waals surface area contributed by atoms with Crippen LogP contribution < -0.4 is 5.73 Å². The predicted octanol–water partition coefficient (Wildman–Crippen LogP) is 7.11. The summed E-state index contributed by atoms with van der Waals surface area (Å²) in [6, 6.07) is 8.41. The van der Waals surface area contributed by atoms with E-state index in [1.165, 1.54) is 18.2 Å². The summed E-state index contributed by atoms with van der Waals surface area (Å²) in [7, 11) is -2.41. The zero-order chi connectivity index (χ0) is 34.6. The van der Waals surface area contributed by atoms with Gasteiger partial charge in [0, 0.05) is 41.0 Å². The van der Waals surface area contributed by atoms with Gasteiger partial charge in [-0.05, 0) is 44.4 Å². The molecule has 0 aliphatic heterocycles. The lowest BCUT2D eigenvalue weighted by Crippen LogP contribution is -2.12. The van der Waals surface area contributed by atoms with Gasteiger partial charge >= 0.3 is 0 Å². The Labute approximate surface area is 273 Å². The molecule has 0 bridgehead atoms.